The van der Waals surface area contributed by atoms with Crippen molar-refractivity contribution >= 4 is 5.78 Å². The average molecular weight is 428 g/mol. The Kier molecular flexibility index (Phi) is 7.44. The van der Waals surface area contributed by atoms with E-state index in [9.17, 15) is 4.79 Å². The van der Waals surface area contributed by atoms with Crippen LogP contribution in [0.15, 0.2) is 24.3 Å². The highest BCUT2D eigenvalue weighted by molar-refractivity contribution is 5.98. The van der Waals surface area contributed by atoms with Crippen molar-refractivity contribution in [3.05, 3.63) is 46.5 Å². The van der Waals surface area contributed by atoms with Gasteiger partial charge in [-0.25, -0.2) is 0 Å². The summed E-state index contributed by atoms with van der Waals surface area (Å²) in [6.45, 7) is 6.39. The molecular formula is C25H33NO5. The first-order chi connectivity index (χ1) is 14.9. The molecule has 1 aliphatic heterocycles. The topological polar surface area (TPSA) is 57.2 Å². The summed E-state index contributed by atoms with van der Waals surface area (Å²) < 4.78 is 21.8. The molecule has 0 aliphatic carbocycles. The summed E-state index contributed by atoms with van der Waals surface area (Å²) in [6.07, 6.45) is 1.91. The Balaban J connectivity index is 1.76. The number of Topliss-reactive ketones (excluding diaryl/α,β-unsaturated/α-hetero) is 1. The molecule has 0 radical (unpaired) electrons. The lowest BCUT2D eigenvalue weighted by Gasteiger charge is -2.32. The van der Waals surface area contributed by atoms with Crippen LogP contribution in [-0.2, 0) is 6.54 Å². The zero-order chi connectivity index (χ0) is 22.5. The third-order valence-electron chi connectivity index (χ3n) is 5.96. The van der Waals surface area contributed by atoms with Gasteiger partial charge in [0.1, 0.15) is 5.75 Å². The molecular weight excluding hydrogens is 394 g/mol. The summed E-state index contributed by atoms with van der Waals surface area (Å²) in [4.78, 5) is 15.6. The molecule has 6 heteroatoms. The number of benzene rings is 2. The summed E-state index contributed by atoms with van der Waals surface area (Å²) in [6, 6.07) is 7.85. The number of methoxy groups -OCH3 is 4. The summed E-state index contributed by atoms with van der Waals surface area (Å²) in [5.41, 5.74) is 3.83. The van der Waals surface area contributed by atoms with E-state index in [0.717, 1.165) is 60.5 Å². The lowest BCUT2D eigenvalue weighted by molar-refractivity contribution is 0.0811. The standard InChI is InChI=1S/C25H33NO5/c1-16-10-20(11-17(2)24(16)30-5)23(27)19-8-7-9-26(15-19)14-18-12-21(28-3)25(31-6)22(13-18)29-4/h10-13,19H,7-9,14-15H2,1-6H3/t19-/m1/s1. The highest BCUT2D eigenvalue weighted by atomic mass is 16.5. The molecule has 0 spiro atoms. The lowest BCUT2D eigenvalue weighted by atomic mass is 9.88. The van der Waals surface area contributed by atoms with E-state index in [1.54, 1.807) is 28.4 Å². The van der Waals surface area contributed by atoms with Gasteiger partial charge in [0.15, 0.2) is 17.3 Å². The largest absolute Gasteiger partial charge is 0.496 e. The molecule has 1 heterocycles. The molecule has 0 amide bonds. The second kappa shape index (κ2) is 10.1. The highest BCUT2D eigenvalue weighted by Gasteiger charge is 2.28. The van der Waals surface area contributed by atoms with Crippen LogP contribution in [-0.4, -0.2) is 52.2 Å². The Hall–Kier alpha value is -2.73. The van der Waals surface area contributed by atoms with Crippen LogP contribution in [0.3, 0.4) is 0 Å². The maximum absolute atomic E-state index is 13.3. The molecule has 1 aliphatic rings. The van der Waals surface area contributed by atoms with E-state index < -0.39 is 0 Å². The van der Waals surface area contributed by atoms with Crippen molar-refractivity contribution in [2.45, 2.75) is 33.2 Å². The van der Waals surface area contributed by atoms with Gasteiger partial charge in [0, 0.05) is 24.6 Å². The average Bonchev–Trinajstić information content (AvgIpc) is 2.77. The van der Waals surface area contributed by atoms with Gasteiger partial charge in [0.25, 0.3) is 0 Å². The highest BCUT2D eigenvalue weighted by Crippen LogP contribution is 2.38. The van der Waals surface area contributed by atoms with E-state index in [4.69, 9.17) is 18.9 Å². The third kappa shape index (κ3) is 4.96. The predicted octanol–water partition coefficient (Wildman–Crippen LogP) is 4.43. The molecule has 168 valence electrons. The van der Waals surface area contributed by atoms with Crippen LogP contribution in [0, 0.1) is 19.8 Å². The molecule has 0 N–H and O–H groups in total. The summed E-state index contributed by atoms with van der Waals surface area (Å²) >= 11 is 0. The van der Waals surface area contributed by atoms with Gasteiger partial charge in [0.05, 0.1) is 28.4 Å². The fourth-order valence-corrected chi connectivity index (χ4v) is 4.55. The van der Waals surface area contributed by atoms with Crippen LogP contribution in [0.25, 0.3) is 0 Å². The van der Waals surface area contributed by atoms with Gasteiger partial charge in [-0.3, -0.25) is 9.69 Å². The molecule has 6 nitrogen and oxygen atoms in total. The number of carbonyl (C=O) groups excluding carboxylic acids is 1. The smallest absolute Gasteiger partial charge is 0.203 e. The van der Waals surface area contributed by atoms with Crippen molar-refractivity contribution < 1.29 is 23.7 Å². The van der Waals surface area contributed by atoms with Crippen LogP contribution in [0.2, 0.25) is 0 Å². The molecule has 0 saturated carbocycles. The van der Waals surface area contributed by atoms with Gasteiger partial charge in [-0.2, -0.15) is 0 Å². The quantitative estimate of drug-likeness (QED) is 0.581. The van der Waals surface area contributed by atoms with Gasteiger partial charge in [-0.05, 0) is 74.2 Å². The summed E-state index contributed by atoms with van der Waals surface area (Å²) in [7, 11) is 6.51. The Bertz CT molecular complexity index is 891. The van der Waals surface area contributed by atoms with E-state index in [2.05, 4.69) is 4.90 Å². The van der Waals surface area contributed by atoms with Gasteiger partial charge in [-0.1, -0.05) is 0 Å². The summed E-state index contributed by atoms with van der Waals surface area (Å²) in [5.74, 6) is 2.93. The van der Waals surface area contributed by atoms with E-state index in [0.29, 0.717) is 17.2 Å². The second-order valence-electron chi connectivity index (χ2n) is 8.12. The molecule has 2 aromatic rings. The molecule has 0 bridgehead atoms. The van der Waals surface area contributed by atoms with Crippen molar-refractivity contribution in [1.82, 2.24) is 4.90 Å². The number of hydrogen-bond acceptors (Lipinski definition) is 6. The van der Waals surface area contributed by atoms with E-state index >= 15 is 0 Å². The number of aryl methyl sites for hydroxylation is 2. The molecule has 31 heavy (non-hydrogen) atoms. The van der Waals surface area contributed by atoms with E-state index in [-0.39, 0.29) is 11.7 Å². The fraction of sp³-hybridized carbons (Fsp3) is 0.480. The molecule has 1 atom stereocenters. The van der Waals surface area contributed by atoms with Crippen LogP contribution in [0.1, 0.15) is 39.9 Å². The first kappa shape index (κ1) is 22.9. The van der Waals surface area contributed by atoms with Crippen molar-refractivity contribution in [3.8, 4) is 23.0 Å². The van der Waals surface area contributed by atoms with Crippen molar-refractivity contribution in [2.24, 2.45) is 5.92 Å². The Morgan fingerprint density at radius 2 is 1.48 bits per heavy atom. The van der Waals surface area contributed by atoms with E-state index in [1.165, 1.54) is 0 Å². The maximum atomic E-state index is 13.3. The van der Waals surface area contributed by atoms with Crippen molar-refractivity contribution in [2.75, 3.05) is 41.5 Å². The van der Waals surface area contributed by atoms with Crippen LogP contribution >= 0.6 is 0 Å². The Morgan fingerprint density at radius 3 is 2.00 bits per heavy atom. The van der Waals surface area contributed by atoms with Crippen LogP contribution in [0.5, 0.6) is 23.0 Å². The Labute approximate surface area is 185 Å². The maximum Gasteiger partial charge on any atom is 0.203 e. The molecule has 3 rings (SSSR count). The number of ketones is 1. The van der Waals surface area contributed by atoms with Crippen molar-refractivity contribution in [3.63, 3.8) is 0 Å². The number of hydrogen-bond donors (Lipinski definition) is 0. The van der Waals surface area contributed by atoms with Crippen LogP contribution < -0.4 is 18.9 Å². The van der Waals surface area contributed by atoms with E-state index in [1.807, 2.05) is 38.1 Å². The Morgan fingerprint density at radius 1 is 0.903 bits per heavy atom. The van der Waals surface area contributed by atoms with Gasteiger partial charge >= 0.3 is 0 Å². The van der Waals surface area contributed by atoms with Gasteiger partial charge < -0.3 is 18.9 Å². The zero-order valence-electron chi connectivity index (χ0n) is 19.4. The zero-order valence-corrected chi connectivity index (χ0v) is 19.4. The second-order valence-corrected chi connectivity index (χ2v) is 8.12. The first-order valence-corrected chi connectivity index (χ1v) is 10.6. The van der Waals surface area contributed by atoms with Gasteiger partial charge in [0.2, 0.25) is 5.75 Å². The number of nitrogens with zero attached hydrogens (tertiary/aromatic N) is 1. The molecule has 1 fully saturated rings. The first-order valence-electron chi connectivity index (χ1n) is 10.6. The minimum atomic E-state index is -0.0111. The SMILES string of the molecule is COc1cc(CN2CCC[C@@H](C(=O)c3cc(C)c(OC)c(C)c3)C2)cc(OC)c1OC. The number of rotatable bonds is 8. The lowest BCUT2D eigenvalue weighted by Crippen LogP contribution is -2.38. The minimum Gasteiger partial charge on any atom is -0.496 e. The molecule has 1 saturated heterocycles. The number of ether oxygens (including phenoxy) is 4. The van der Waals surface area contributed by atoms with Crippen LogP contribution in [0.4, 0.5) is 0 Å². The fourth-order valence-electron chi connectivity index (χ4n) is 4.55. The van der Waals surface area contributed by atoms with Crippen molar-refractivity contribution in [1.29, 1.82) is 0 Å². The number of piperidine rings is 1. The normalized spacial score (nSPS) is 16.6. The molecule has 0 aromatic heterocycles. The summed E-state index contributed by atoms with van der Waals surface area (Å²) in [5, 5.41) is 0. The molecule has 2 aromatic carbocycles. The van der Waals surface area contributed by atoms with Gasteiger partial charge in [-0.15, -0.1) is 0 Å². The third-order valence-corrected chi connectivity index (χ3v) is 5.96. The molecule has 0 unspecified atom stereocenters. The number of carbonyl (C=O) groups is 1. The predicted molar refractivity (Wildman–Crippen MR) is 121 cm³/mol. The monoisotopic (exact) mass is 427 g/mol. The minimum absolute atomic E-state index is 0.0111. The number of likely N-dealkylation sites (tertiary alicyclic amines) is 1.